The Labute approximate surface area is 113 Å². The average molecular weight is 270 g/mol. The number of carboxylic acids is 1. The van der Waals surface area contributed by atoms with Crippen molar-refractivity contribution in [2.75, 3.05) is 20.2 Å². The number of carboxylic acid groups (broad SMARTS) is 1. The molecule has 19 heavy (non-hydrogen) atoms. The Balaban J connectivity index is 2.00. The Morgan fingerprint density at radius 3 is 2.58 bits per heavy atom. The molecule has 1 saturated carbocycles. The van der Waals surface area contributed by atoms with Crippen molar-refractivity contribution in [1.82, 2.24) is 10.2 Å². The number of aliphatic carboxylic acids is 1. The van der Waals surface area contributed by atoms with Crippen molar-refractivity contribution >= 4 is 11.9 Å². The predicted octanol–water partition coefficient (Wildman–Crippen LogP) is 0.219. The first-order valence-electron chi connectivity index (χ1n) is 6.90. The molecule has 0 spiro atoms. The molecule has 0 aromatic carbocycles. The Morgan fingerprint density at radius 2 is 2.05 bits per heavy atom. The van der Waals surface area contributed by atoms with Crippen molar-refractivity contribution in [1.29, 1.82) is 0 Å². The number of carbonyl (C=O) groups is 2. The fourth-order valence-electron chi connectivity index (χ4n) is 3.02. The monoisotopic (exact) mass is 270 g/mol. The van der Waals surface area contributed by atoms with E-state index in [-0.39, 0.29) is 30.6 Å². The summed E-state index contributed by atoms with van der Waals surface area (Å²) in [6, 6.07) is -0.211. The van der Waals surface area contributed by atoms with E-state index in [1.165, 1.54) is 0 Å². The maximum absolute atomic E-state index is 12.5. The quantitative estimate of drug-likeness (QED) is 0.747. The molecule has 0 aromatic rings. The second kappa shape index (κ2) is 6.34. The number of hydrogen-bond acceptors (Lipinski definition) is 4. The van der Waals surface area contributed by atoms with Crippen molar-refractivity contribution in [3.05, 3.63) is 0 Å². The summed E-state index contributed by atoms with van der Waals surface area (Å²) in [5.41, 5.74) is 0. The van der Waals surface area contributed by atoms with Gasteiger partial charge in [-0.05, 0) is 19.3 Å². The van der Waals surface area contributed by atoms with Gasteiger partial charge in [0.25, 0.3) is 0 Å². The maximum Gasteiger partial charge on any atom is 0.323 e. The zero-order valence-corrected chi connectivity index (χ0v) is 11.3. The highest BCUT2D eigenvalue weighted by molar-refractivity contribution is 5.86. The van der Waals surface area contributed by atoms with Crippen LogP contribution in [0.1, 0.15) is 32.1 Å². The average Bonchev–Trinajstić information content (AvgIpc) is 3.05. The summed E-state index contributed by atoms with van der Waals surface area (Å²) in [4.78, 5) is 25.0. The van der Waals surface area contributed by atoms with E-state index in [1.807, 2.05) is 0 Å². The maximum atomic E-state index is 12.5. The van der Waals surface area contributed by atoms with Crippen LogP contribution < -0.4 is 5.32 Å². The second-order valence-corrected chi connectivity index (χ2v) is 5.35. The Bertz CT molecular complexity index is 342. The van der Waals surface area contributed by atoms with Gasteiger partial charge in [0.05, 0.1) is 12.1 Å². The number of carbonyl (C=O) groups excluding carboxylic acids is 1. The van der Waals surface area contributed by atoms with Crippen molar-refractivity contribution in [2.24, 2.45) is 0 Å². The molecular formula is C13H22N2O4. The van der Waals surface area contributed by atoms with Gasteiger partial charge in [0, 0.05) is 19.7 Å². The minimum Gasteiger partial charge on any atom is -0.480 e. The molecule has 2 N–H and O–H groups in total. The van der Waals surface area contributed by atoms with Crippen LogP contribution in [0.25, 0.3) is 0 Å². The highest BCUT2D eigenvalue weighted by atomic mass is 16.5. The first kappa shape index (κ1) is 14.3. The lowest BCUT2D eigenvalue weighted by Gasteiger charge is -2.29. The minimum atomic E-state index is -0.943. The van der Waals surface area contributed by atoms with Crippen LogP contribution in [0.15, 0.2) is 0 Å². The van der Waals surface area contributed by atoms with Crippen molar-refractivity contribution in [3.8, 4) is 0 Å². The molecule has 0 radical (unpaired) electrons. The standard InChI is InChI=1S/C13H22N2O4/c1-19-10-6-11(14-7-10)13(18)15(8-12(16)17)9-4-2-3-5-9/h9-11,14H,2-8H2,1H3,(H,16,17). The minimum absolute atomic E-state index is 0.0456. The topological polar surface area (TPSA) is 78.9 Å². The summed E-state index contributed by atoms with van der Waals surface area (Å²) < 4.78 is 5.23. The molecule has 1 saturated heterocycles. The van der Waals surface area contributed by atoms with Crippen LogP contribution in [0, 0.1) is 0 Å². The van der Waals surface area contributed by atoms with E-state index in [0.717, 1.165) is 25.7 Å². The molecule has 2 atom stereocenters. The summed E-state index contributed by atoms with van der Waals surface area (Å²) in [7, 11) is 1.63. The van der Waals surface area contributed by atoms with Gasteiger partial charge in [0.2, 0.25) is 5.91 Å². The number of methoxy groups -OCH3 is 1. The summed E-state index contributed by atoms with van der Waals surface area (Å²) in [6.45, 7) is 0.456. The van der Waals surface area contributed by atoms with Gasteiger partial charge >= 0.3 is 5.97 Å². The SMILES string of the molecule is COC1CNC(C(=O)N(CC(=O)O)C2CCCC2)C1. The van der Waals surface area contributed by atoms with Crippen LogP contribution in [0.4, 0.5) is 0 Å². The molecule has 6 heteroatoms. The van der Waals surface area contributed by atoms with Gasteiger partial charge in [-0.15, -0.1) is 0 Å². The van der Waals surface area contributed by atoms with Gasteiger partial charge in [0.1, 0.15) is 6.54 Å². The van der Waals surface area contributed by atoms with Gasteiger partial charge in [-0.25, -0.2) is 0 Å². The van der Waals surface area contributed by atoms with Crippen LogP contribution >= 0.6 is 0 Å². The Morgan fingerprint density at radius 1 is 1.37 bits per heavy atom. The number of nitrogens with zero attached hydrogens (tertiary/aromatic N) is 1. The van der Waals surface area contributed by atoms with Crippen molar-refractivity contribution in [3.63, 3.8) is 0 Å². The second-order valence-electron chi connectivity index (χ2n) is 5.35. The van der Waals surface area contributed by atoms with Gasteiger partial charge in [0.15, 0.2) is 0 Å². The molecule has 6 nitrogen and oxygen atoms in total. The smallest absolute Gasteiger partial charge is 0.323 e. The van der Waals surface area contributed by atoms with Gasteiger partial charge < -0.3 is 20.1 Å². The Kier molecular flexibility index (Phi) is 4.76. The van der Waals surface area contributed by atoms with E-state index in [9.17, 15) is 9.59 Å². The summed E-state index contributed by atoms with van der Waals surface area (Å²) in [5.74, 6) is -1.03. The summed E-state index contributed by atoms with van der Waals surface area (Å²) in [6.07, 6.45) is 4.65. The van der Waals surface area contributed by atoms with Crippen LogP contribution in [0.2, 0.25) is 0 Å². The van der Waals surface area contributed by atoms with Crippen LogP contribution in [0.5, 0.6) is 0 Å². The lowest BCUT2D eigenvalue weighted by atomic mass is 10.1. The number of hydrogen-bond donors (Lipinski definition) is 2. The lowest BCUT2D eigenvalue weighted by molar-refractivity contribution is -0.147. The first-order chi connectivity index (χ1) is 9.11. The molecule has 1 heterocycles. The molecule has 2 unspecified atom stereocenters. The molecule has 2 aliphatic rings. The van der Waals surface area contributed by atoms with Crippen LogP contribution in [-0.2, 0) is 14.3 Å². The summed E-state index contributed by atoms with van der Waals surface area (Å²) in [5, 5.41) is 12.1. The van der Waals surface area contributed by atoms with Gasteiger partial charge in [-0.1, -0.05) is 12.8 Å². The number of rotatable bonds is 5. The highest BCUT2D eigenvalue weighted by Crippen LogP contribution is 2.25. The van der Waals surface area contributed by atoms with Crippen molar-refractivity contribution < 1.29 is 19.4 Å². The van der Waals surface area contributed by atoms with E-state index >= 15 is 0 Å². The molecule has 108 valence electrons. The van der Waals surface area contributed by atoms with Crippen LogP contribution in [-0.4, -0.2) is 60.3 Å². The zero-order valence-electron chi connectivity index (χ0n) is 11.3. The van der Waals surface area contributed by atoms with Crippen LogP contribution in [0.3, 0.4) is 0 Å². The van der Waals surface area contributed by atoms with E-state index in [0.29, 0.717) is 13.0 Å². The third kappa shape index (κ3) is 3.45. The number of ether oxygens (including phenoxy) is 1. The van der Waals surface area contributed by atoms with E-state index < -0.39 is 5.97 Å². The zero-order chi connectivity index (χ0) is 13.8. The number of amides is 1. The Hall–Kier alpha value is -1.14. The van der Waals surface area contributed by atoms with E-state index in [4.69, 9.17) is 9.84 Å². The van der Waals surface area contributed by atoms with Gasteiger partial charge in [-0.3, -0.25) is 9.59 Å². The lowest BCUT2D eigenvalue weighted by Crippen LogP contribution is -2.49. The molecular weight excluding hydrogens is 248 g/mol. The molecule has 1 amide bonds. The molecule has 1 aliphatic heterocycles. The highest BCUT2D eigenvalue weighted by Gasteiger charge is 2.36. The summed E-state index contributed by atoms with van der Waals surface area (Å²) >= 11 is 0. The third-order valence-electron chi connectivity index (χ3n) is 4.08. The molecule has 2 fully saturated rings. The number of nitrogens with one attached hydrogen (secondary N) is 1. The van der Waals surface area contributed by atoms with Crippen molar-refractivity contribution in [2.45, 2.75) is 50.3 Å². The fraction of sp³-hybridized carbons (Fsp3) is 0.846. The predicted molar refractivity (Wildman–Crippen MR) is 68.8 cm³/mol. The molecule has 0 bridgehead atoms. The van der Waals surface area contributed by atoms with E-state index in [2.05, 4.69) is 5.32 Å². The van der Waals surface area contributed by atoms with Gasteiger partial charge in [-0.2, -0.15) is 0 Å². The normalized spacial score (nSPS) is 27.6. The van der Waals surface area contributed by atoms with E-state index in [1.54, 1.807) is 12.0 Å². The molecule has 2 rings (SSSR count). The third-order valence-corrected chi connectivity index (χ3v) is 4.08. The molecule has 1 aliphatic carbocycles. The largest absolute Gasteiger partial charge is 0.480 e. The first-order valence-corrected chi connectivity index (χ1v) is 6.90. The fourth-order valence-corrected chi connectivity index (χ4v) is 3.02. The molecule has 0 aromatic heterocycles.